The van der Waals surface area contributed by atoms with E-state index in [1.165, 1.54) is 0 Å². The monoisotopic (exact) mass is 490 g/mol. The molecule has 0 bridgehead atoms. The molecule has 2 aliphatic rings. The standard InChI is InChI=1S/C29H34N2O5/c1-4-16-36-24-11-10-23(19-21(24)3)27(32)25-26(22-8-6-20(2)7-9-22)31(29(34)28(25)33)13-5-12-30-14-17-35-18-15-30/h4,6-11,19,26,32H,1,5,12-18H2,2-3H3. The zero-order valence-corrected chi connectivity index (χ0v) is 21.0. The van der Waals surface area contributed by atoms with E-state index in [2.05, 4.69) is 11.5 Å². The van der Waals surface area contributed by atoms with Gasteiger partial charge in [-0.3, -0.25) is 14.5 Å². The van der Waals surface area contributed by atoms with Gasteiger partial charge in [0.1, 0.15) is 18.1 Å². The second kappa shape index (κ2) is 11.5. The van der Waals surface area contributed by atoms with E-state index in [-0.39, 0.29) is 11.3 Å². The van der Waals surface area contributed by atoms with Crippen molar-refractivity contribution in [3.8, 4) is 5.75 Å². The molecule has 7 nitrogen and oxygen atoms in total. The second-order valence-electron chi connectivity index (χ2n) is 9.29. The van der Waals surface area contributed by atoms with Gasteiger partial charge < -0.3 is 19.5 Å². The van der Waals surface area contributed by atoms with Gasteiger partial charge in [0.25, 0.3) is 11.7 Å². The third kappa shape index (κ3) is 5.53. The van der Waals surface area contributed by atoms with Crippen LogP contribution in [0.5, 0.6) is 5.75 Å². The molecule has 0 aromatic heterocycles. The van der Waals surface area contributed by atoms with Crippen LogP contribution in [0.1, 0.15) is 34.7 Å². The number of benzene rings is 2. The molecule has 2 aromatic rings. The maximum Gasteiger partial charge on any atom is 0.295 e. The molecule has 2 fully saturated rings. The summed E-state index contributed by atoms with van der Waals surface area (Å²) >= 11 is 0. The van der Waals surface area contributed by atoms with Crippen molar-refractivity contribution in [2.45, 2.75) is 26.3 Å². The summed E-state index contributed by atoms with van der Waals surface area (Å²) in [6.07, 6.45) is 2.39. The molecule has 2 aromatic carbocycles. The maximum atomic E-state index is 13.3. The Morgan fingerprint density at radius 3 is 2.50 bits per heavy atom. The minimum Gasteiger partial charge on any atom is -0.507 e. The number of nitrogens with zero attached hydrogens (tertiary/aromatic N) is 2. The molecule has 0 radical (unpaired) electrons. The largest absolute Gasteiger partial charge is 0.507 e. The first-order valence-electron chi connectivity index (χ1n) is 12.4. The predicted octanol–water partition coefficient (Wildman–Crippen LogP) is 4.01. The molecule has 190 valence electrons. The van der Waals surface area contributed by atoms with Gasteiger partial charge in [-0.1, -0.05) is 42.5 Å². The predicted molar refractivity (Wildman–Crippen MR) is 139 cm³/mol. The number of aliphatic hydroxyl groups is 1. The highest BCUT2D eigenvalue weighted by Crippen LogP contribution is 2.40. The number of hydrogen-bond donors (Lipinski definition) is 1. The summed E-state index contributed by atoms with van der Waals surface area (Å²) in [6, 6.07) is 12.3. The van der Waals surface area contributed by atoms with Crippen LogP contribution in [0, 0.1) is 13.8 Å². The molecule has 1 amide bonds. The van der Waals surface area contributed by atoms with Gasteiger partial charge in [0, 0.05) is 31.7 Å². The summed E-state index contributed by atoms with van der Waals surface area (Å²) in [5, 5.41) is 11.3. The third-order valence-corrected chi connectivity index (χ3v) is 6.72. The molecular weight excluding hydrogens is 456 g/mol. The molecule has 2 aliphatic heterocycles. The molecule has 1 N–H and O–H groups in total. The van der Waals surface area contributed by atoms with E-state index < -0.39 is 17.7 Å². The number of Topliss-reactive ketones (excluding diaryl/α,β-unsaturated/α-hetero) is 1. The lowest BCUT2D eigenvalue weighted by molar-refractivity contribution is -0.140. The molecule has 4 rings (SSSR count). The number of rotatable bonds is 9. The van der Waals surface area contributed by atoms with Crippen LogP contribution in [-0.2, 0) is 14.3 Å². The lowest BCUT2D eigenvalue weighted by Gasteiger charge is -2.29. The number of likely N-dealkylation sites (tertiary alicyclic amines) is 1. The molecule has 2 heterocycles. The molecule has 0 spiro atoms. The lowest BCUT2D eigenvalue weighted by Crippen LogP contribution is -2.38. The highest BCUT2D eigenvalue weighted by atomic mass is 16.5. The number of amides is 1. The summed E-state index contributed by atoms with van der Waals surface area (Å²) in [6.45, 7) is 12.3. The minimum atomic E-state index is -0.658. The Balaban J connectivity index is 1.66. The third-order valence-electron chi connectivity index (χ3n) is 6.72. The Labute approximate surface area is 212 Å². The Morgan fingerprint density at radius 1 is 1.11 bits per heavy atom. The van der Waals surface area contributed by atoms with Gasteiger partial charge in [-0.2, -0.15) is 0 Å². The van der Waals surface area contributed by atoms with Gasteiger partial charge in [-0.15, -0.1) is 0 Å². The normalized spacial score (nSPS) is 20.1. The summed E-state index contributed by atoms with van der Waals surface area (Å²) in [5.74, 6) is -0.737. The van der Waals surface area contributed by atoms with E-state index in [1.54, 1.807) is 29.2 Å². The highest BCUT2D eigenvalue weighted by molar-refractivity contribution is 6.46. The van der Waals surface area contributed by atoms with Crippen LogP contribution in [0.15, 0.2) is 60.7 Å². The van der Waals surface area contributed by atoms with E-state index in [0.29, 0.717) is 37.7 Å². The number of ketones is 1. The summed E-state index contributed by atoms with van der Waals surface area (Å²) < 4.78 is 11.1. The Bertz CT molecular complexity index is 1150. The van der Waals surface area contributed by atoms with Crippen molar-refractivity contribution >= 4 is 17.4 Å². The van der Waals surface area contributed by atoms with Crippen molar-refractivity contribution in [3.05, 3.63) is 82.9 Å². The maximum absolute atomic E-state index is 13.3. The summed E-state index contributed by atoms with van der Waals surface area (Å²) in [5.41, 5.74) is 3.29. The molecule has 36 heavy (non-hydrogen) atoms. The van der Waals surface area contributed by atoms with Crippen LogP contribution in [0.4, 0.5) is 0 Å². The van der Waals surface area contributed by atoms with Crippen molar-refractivity contribution in [3.63, 3.8) is 0 Å². The second-order valence-corrected chi connectivity index (χ2v) is 9.29. The molecule has 0 aliphatic carbocycles. The van der Waals surface area contributed by atoms with Gasteiger partial charge in [-0.25, -0.2) is 0 Å². The molecule has 7 heteroatoms. The molecule has 2 saturated heterocycles. The van der Waals surface area contributed by atoms with Crippen molar-refractivity contribution in [1.82, 2.24) is 9.80 Å². The zero-order valence-electron chi connectivity index (χ0n) is 21.0. The number of ether oxygens (including phenoxy) is 2. The first-order valence-corrected chi connectivity index (χ1v) is 12.4. The zero-order chi connectivity index (χ0) is 25.7. The Hall–Kier alpha value is -3.42. The average molecular weight is 491 g/mol. The van der Waals surface area contributed by atoms with E-state index in [1.807, 2.05) is 38.1 Å². The Morgan fingerprint density at radius 2 is 1.83 bits per heavy atom. The number of carbonyl (C=O) groups is 2. The smallest absolute Gasteiger partial charge is 0.295 e. The fourth-order valence-electron chi connectivity index (χ4n) is 4.76. The highest BCUT2D eigenvalue weighted by Gasteiger charge is 2.45. The van der Waals surface area contributed by atoms with Crippen molar-refractivity contribution < 1.29 is 24.2 Å². The van der Waals surface area contributed by atoms with Crippen molar-refractivity contribution in [2.24, 2.45) is 0 Å². The lowest BCUT2D eigenvalue weighted by atomic mass is 9.94. The quantitative estimate of drug-likeness (QED) is 0.248. The van der Waals surface area contributed by atoms with Gasteiger partial charge >= 0.3 is 0 Å². The van der Waals surface area contributed by atoms with Gasteiger partial charge in [0.05, 0.1) is 24.8 Å². The van der Waals surface area contributed by atoms with Crippen LogP contribution >= 0.6 is 0 Å². The number of morpholine rings is 1. The molecule has 1 atom stereocenters. The number of aliphatic hydroxyl groups excluding tert-OH is 1. The van der Waals surface area contributed by atoms with Crippen molar-refractivity contribution in [2.75, 3.05) is 46.0 Å². The fourth-order valence-corrected chi connectivity index (χ4v) is 4.76. The first kappa shape index (κ1) is 25.7. The van der Waals surface area contributed by atoms with Crippen molar-refractivity contribution in [1.29, 1.82) is 0 Å². The van der Waals surface area contributed by atoms with Crippen LogP contribution < -0.4 is 4.74 Å². The molecule has 1 unspecified atom stereocenters. The van der Waals surface area contributed by atoms with Crippen LogP contribution in [0.25, 0.3) is 5.76 Å². The average Bonchev–Trinajstić information content (AvgIpc) is 3.13. The van der Waals surface area contributed by atoms with E-state index in [4.69, 9.17) is 9.47 Å². The Kier molecular flexibility index (Phi) is 8.23. The van der Waals surface area contributed by atoms with Gasteiger partial charge in [0.2, 0.25) is 0 Å². The number of aryl methyl sites for hydroxylation is 2. The van der Waals surface area contributed by atoms with Crippen LogP contribution in [-0.4, -0.2) is 72.6 Å². The molecular formula is C29H34N2O5. The van der Waals surface area contributed by atoms with E-state index >= 15 is 0 Å². The minimum absolute atomic E-state index is 0.120. The van der Waals surface area contributed by atoms with Gasteiger partial charge in [0.15, 0.2) is 0 Å². The number of hydrogen-bond acceptors (Lipinski definition) is 6. The van der Waals surface area contributed by atoms with Gasteiger partial charge in [-0.05, 0) is 49.6 Å². The summed E-state index contributed by atoms with van der Waals surface area (Å²) in [4.78, 5) is 30.4. The molecule has 0 saturated carbocycles. The van der Waals surface area contributed by atoms with Crippen LogP contribution in [0.3, 0.4) is 0 Å². The summed E-state index contributed by atoms with van der Waals surface area (Å²) in [7, 11) is 0. The topological polar surface area (TPSA) is 79.3 Å². The van der Waals surface area contributed by atoms with E-state index in [0.717, 1.165) is 42.7 Å². The van der Waals surface area contributed by atoms with Crippen LogP contribution in [0.2, 0.25) is 0 Å². The fraction of sp³-hybridized carbons (Fsp3) is 0.379. The first-order chi connectivity index (χ1) is 17.4. The number of carbonyl (C=O) groups excluding carboxylic acids is 2. The SMILES string of the molecule is C=CCOc1ccc(C(O)=C2C(=O)C(=O)N(CCCN3CCOCC3)C2c2ccc(C)cc2)cc1C. The van der Waals surface area contributed by atoms with E-state index in [9.17, 15) is 14.7 Å².